The summed E-state index contributed by atoms with van der Waals surface area (Å²) >= 11 is 0. The lowest BCUT2D eigenvalue weighted by Crippen LogP contribution is -1.93. The van der Waals surface area contributed by atoms with Crippen molar-refractivity contribution >= 4 is 5.69 Å². The number of rotatable bonds is 6. The number of anilines is 1. The van der Waals surface area contributed by atoms with Gasteiger partial charge >= 0.3 is 0 Å². The van der Waals surface area contributed by atoms with Crippen LogP contribution in [0.25, 0.3) is 0 Å². The van der Waals surface area contributed by atoms with Crippen LogP contribution in [0.3, 0.4) is 0 Å². The average molecular weight is 205 g/mol. The van der Waals surface area contributed by atoms with Crippen molar-refractivity contribution in [3.63, 3.8) is 0 Å². The SMILES string of the molecule is CCCCCCCc1ccc(N)cc1C. The van der Waals surface area contributed by atoms with Crippen LogP contribution in [0.1, 0.15) is 50.2 Å². The number of nitrogens with two attached hydrogens (primary N) is 1. The highest BCUT2D eigenvalue weighted by atomic mass is 14.5. The first-order valence-corrected chi connectivity index (χ1v) is 6.09. The van der Waals surface area contributed by atoms with Crippen molar-refractivity contribution in [1.82, 2.24) is 0 Å². The van der Waals surface area contributed by atoms with Gasteiger partial charge in [-0.2, -0.15) is 0 Å². The smallest absolute Gasteiger partial charge is 0.0316 e. The van der Waals surface area contributed by atoms with E-state index < -0.39 is 0 Å². The van der Waals surface area contributed by atoms with Crippen molar-refractivity contribution in [3.8, 4) is 0 Å². The largest absolute Gasteiger partial charge is 0.399 e. The van der Waals surface area contributed by atoms with E-state index in [1.165, 1.54) is 49.7 Å². The zero-order valence-electron chi connectivity index (χ0n) is 10.1. The van der Waals surface area contributed by atoms with Crippen molar-refractivity contribution in [2.24, 2.45) is 0 Å². The van der Waals surface area contributed by atoms with Crippen molar-refractivity contribution in [2.45, 2.75) is 52.4 Å². The van der Waals surface area contributed by atoms with Gasteiger partial charge in [0.25, 0.3) is 0 Å². The highest BCUT2D eigenvalue weighted by Crippen LogP contribution is 2.15. The van der Waals surface area contributed by atoms with Gasteiger partial charge in [0.2, 0.25) is 0 Å². The van der Waals surface area contributed by atoms with E-state index in [0.29, 0.717) is 0 Å². The Morgan fingerprint density at radius 1 is 1.07 bits per heavy atom. The van der Waals surface area contributed by atoms with E-state index in [0.717, 1.165) is 5.69 Å². The Bertz CT molecular complexity index is 291. The van der Waals surface area contributed by atoms with Crippen LogP contribution in [0.15, 0.2) is 18.2 Å². The van der Waals surface area contributed by atoms with E-state index in [2.05, 4.69) is 26.0 Å². The molecule has 1 heteroatoms. The number of aryl methyl sites for hydroxylation is 2. The summed E-state index contributed by atoms with van der Waals surface area (Å²) in [7, 11) is 0. The van der Waals surface area contributed by atoms with Crippen molar-refractivity contribution in [2.75, 3.05) is 5.73 Å². The normalized spacial score (nSPS) is 10.5. The predicted octanol–water partition coefficient (Wildman–Crippen LogP) is 4.09. The molecular formula is C14H23N. The van der Waals surface area contributed by atoms with Gasteiger partial charge in [-0.05, 0) is 43.0 Å². The Balaban J connectivity index is 2.31. The van der Waals surface area contributed by atoms with Gasteiger partial charge in [0, 0.05) is 5.69 Å². The summed E-state index contributed by atoms with van der Waals surface area (Å²) in [5.74, 6) is 0. The molecule has 0 saturated heterocycles. The summed E-state index contributed by atoms with van der Waals surface area (Å²) in [4.78, 5) is 0. The molecule has 0 spiro atoms. The minimum atomic E-state index is 0.877. The van der Waals surface area contributed by atoms with Gasteiger partial charge in [-0.3, -0.25) is 0 Å². The fraction of sp³-hybridized carbons (Fsp3) is 0.571. The molecule has 0 aliphatic carbocycles. The zero-order chi connectivity index (χ0) is 11.1. The zero-order valence-corrected chi connectivity index (χ0v) is 10.1. The molecule has 0 bridgehead atoms. The summed E-state index contributed by atoms with van der Waals surface area (Å²) in [5.41, 5.74) is 9.40. The molecule has 1 nitrogen and oxygen atoms in total. The van der Waals surface area contributed by atoms with Crippen LogP contribution < -0.4 is 5.73 Å². The van der Waals surface area contributed by atoms with Gasteiger partial charge in [0.1, 0.15) is 0 Å². The summed E-state index contributed by atoms with van der Waals surface area (Å²) < 4.78 is 0. The maximum Gasteiger partial charge on any atom is 0.0316 e. The third kappa shape index (κ3) is 4.37. The lowest BCUT2D eigenvalue weighted by Gasteiger charge is -2.06. The van der Waals surface area contributed by atoms with Gasteiger partial charge < -0.3 is 5.73 Å². The maximum absolute atomic E-state index is 5.72. The Morgan fingerprint density at radius 2 is 1.80 bits per heavy atom. The third-order valence-corrected chi connectivity index (χ3v) is 2.92. The Kier molecular flexibility index (Phi) is 5.23. The molecule has 0 atom stereocenters. The lowest BCUT2D eigenvalue weighted by atomic mass is 10.0. The van der Waals surface area contributed by atoms with E-state index in [4.69, 9.17) is 5.73 Å². The van der Waals surface area contributed by atoms with Crippen molar-refractivity contribution in [1.29, 1.82) is 0 Å². The topological polar surface area (TPSA) is 26.0 Å². The van der Waals surface area contributed by atoms with E-state index in [-0.39, 0.29) is 0 Å². The van der Waals surface area contributed by atoms with Crippen LogP contribution in [0.2, 0.25) is 0 Å². The summed E-state index contributed by atoms with van der Waals surface area (Å²) in [6.07, 6.45) is 7.95. The average Bonchev–Trinajstić information content (AvgIpc) is 2.20. The molecule has 15 heavy (non-hydrogen) atoms. The molecule has 1 aromatic rings. The van der Waals surface area contributed by atoms with E-state index in [9.17, 15) is 0 Å². The minimum Gasteiger partial charge on any atom is -0.399 e. The summed E-state index contributed by atoms with van der Waals surface area (Å²) in [6, 6.07) is 6.25. The highest BCUT2D eigenvalue weighted by molar-refractivity contribution is 5.44. The van der Waals surface area contributed by atoms with E-state index in [1.807, 2.05) is 6.07 Å². The van der Waals surface area contributed by atoms with Crippen molar-refractivity contribution in [3.05, 3.63) is 29.3 Å². The summed E-state index contributed by atoms with van der Waals surface area (Å²) in [5, 5.41) is 0. The van der Waals surface area contributed by atoms with Crippen LogP contribution in [-0.4, -0.2) is 0 Å². The van der Waals surface area contributed by atoms with Crippen LogP contribution >= 0.6 is 0 Å². The molecule has 0 aliphatic heterocycles. The maximum atomic E-state index is 5.72. The van der Waals surface area contributed by atoms with Crippen LogP contribution in [0.4, 0.5) is 5.69 Å². The molecule has 0 aromatic heterocycles. The predicted molar refractivity (Wildman–Crippen MR) is 68.1 cm³/mol. The number of nitrogen functional groups attached to an aromatic ring is 1. The Morgan fingerprint density at radius 3 is 2.47 bits per heavy atom. The molecule has 0 amide bonds. The molecule has 0 unspecified atom stereocenters. The van der Waals surface area contributed by atoms with Crippen molar-refractivity contribution < 1.29 is 0 Å². The summed E-state index contributed by atoms with van der Waals surface area (Å²) in [6.45, 7) is 4.40. The molecule has 84 valence electrons. The first kappa shape index (κ1) is 12.1. The number of unbranched alkanes of at least 4 members (excludes halogenated alkanes) is 4. The molecular weight excluding hydrogens is 182 g/mol. The quantitative estimate of drug-likeness (QED) is 0.549. The Hall–Kier alpha value is -0.980. The van der Waals surface area contributed by atoms with Gasteiger partial charge in [-0.1, -0.05) is 38.7 Å². The third-order valence-electron chi connectivity index (χ3n) is 2.92. The monoisotopic (exact) mass is 205 g/mol. The fourth-order valence-electron chi connectivity index (χ4n) is 1.92. The van der Waals surface area contributed by atoms with Crippen LogP contribution in [-0.2, 0) is 6.42 Å². The first-order valence-electron chi connectivity index (χ1n) is 6.09. The highest BCUT2D eigenvalue weighted by Gasteiger charge is 1.98. The molecule has 0 saturated carbocycles. The van der Waals surface area contributed by atoms with Gasteiger partial charge in [-0.25, -0.2) is 0 Å². The number of hydrogen-bond acceptors (Lipinski definition) is 1. The molecule has 0 radical (unpaired) electrons. The molecule has 2 N–H and O–H groups in total. The number of hydrogen-bond donors (Lipinski definition) is 1. The van der Waals surface area contributed by atoms with Gasteiger partial charge in [-0.15, -0.1) is 0 Å². The fourth-order valence-corrected chi connectivity index (χ4v) is 1.92. The second-order valence-corrected chi connectivity index (χ2v) is 4.35. The standard InChI is InChI=1S/C14H23N/c1-3-4-5-6-7-8-13-9-10-14(15)11-12(13)2/h9-11H,3-8,15H2,1-2H3. The van der Waals surface area contributed by atoms with E-state index >= 15 is 0 Å². The van der Waals surface area contributed by atoms with Crippen LogP contribution in [0, 0.1) is 6.92 Å². The second-order valence-electron chi connectivity index (χ2n) is 4.35. The molecule has 1 rings (SSSR count). The number of benzene rings is 1. The van der Waals surface area contributed by atoms with E-state index in [1.54, 1.807) is 0 Å². The van der Waals surface area contributed by atoms with Gasteiger partial charge in [0.15, 0.2) is 0 Å². The molecule has 0 heterocycles. The first-order chi connectivity index (χ1) is 7.24. The minimum absolute atomic E-state index is 0.877. The van der Waals surface area contributed by atoms with Crippen LogP contribution in [0.5, 0.6) is 0 Å². The molecule has 0 aliphatic rings. The van der Waals surface area contributed by atoms with Gasteiger partial charge in [0.05, 0.1) is 0 Å². The second kappa shape index (κ2) is 6.49. The lowest BCUT2D eigenvalue weighted by molar-refractivity contribution is 0.631. The molecule has 0 fully saturated rings. The molecule has 1 aromatic carbocycles. The Labute approximate surface area is 93.7 Å².